The Morgan fingerprint density at radius 3 is 2.39 bits per heavy atom. The summed E-state index contributed by atoms with van der Waals surface area (Å²) in [6.07, 6.45) is 4.14. The summed E-state index contributed by atoms with van der Waals surface area (Å²) in [5, 5.41) is 18.3. The summed E-state index contributed by atoms with van der Waals surface area (Å²) in [6.45, 7) is 10.4. The smallest absolute Gasteiger partial charge is 0.341 e. The average Bonchev–Trinajstić information content (AvgIpc) is 3.51. The van der Waals surface area contributed by atoms with Gasteiger partial charge in [0.2, 0.25) is 0 Å². The lowest BCUT2D eigenvalue weighted by molar-refractivity contribution is -0.139. The quantitative estimate of drug-likeness (QED) is 0.390. The number of carboxylic acid groups (broad SMARTS) is 1. The van der Waals surface area contributed by atoms with Crippen LogP contribution in [0.2, 0.25) is 0 Å². The molecule has 2 aliphatic rings. The Kier molecular flexibility index (Phi) is 8.44. The van der Waals surface area contributed by atoms with Crippen LogP contribution >= 0.6 is 0 Å². The van der Waals surface area contributed by atoms with Gasteiger partial charge in [0.15, 0.2) is 12.4 Å². The third kappa shape index (κ3) is 6.03. The zero-order valence-corrected chi connectivity index (χ0v) is 23.1. The van der Waals surface area contributed by atoms with E-state index >= 15 is 0 Å². The van der Waals surface area contributed by atoms with Crippen molar-refractivity contribution in [3.63, 3.8) is 0 Å². The lowest BCUT2D eigenvalue weighted by Gasteiger charge is -2.29. The maximum Gasteiger partial charge on any atom is 0.341 e. The van der Waals surface area contributed by atoms with Gasteiger partial charge in [0.05, 0.1) is 12.2 Å². The molecule has 2 N–H and O–H groups in total. The van der Waals surface area contributed by atoms with Crippen molar-refractivity contribution in [3.05, 3.63) is 59.2 Å². The van der Waals surface area contributed by atoms with Gasteiger partial charge in [-0.05, 0) is 48.3 Å². The fourth-order valence-corrected chi connectivity index (χ4v) is 5.85. The van der Waals surface area contributed by atoms with Gasteiger partial charge in [0, 0.05) is 36.7 Å². The molecule has 0 radical (unpaired) electrons. The number of ether oxygens (including phenoxy) is 1. The molecule has 7 nitrogen and oxygen atoms in total. The number of hydrogen-bond donors (Lipinski definition) is 2. The van der Waals surface area contributed by atoms with E-state index in [0.29, 0.717) is 29.6 Å². The number of nitrogens with one attached hydrogen (secondary N) is 1. The third-order valence-electron chi connectivity index (χ3n) is 7.70. The molecule has 2 aromatic carbocycles. The minimum atomic E-state index is -1.03. The topological polar surface area (TPSA) is 93.9 Å². The molecule has 2 heterocycles. The van der Waals surface area contributed by atoms with E-state index in [0.717, 1.165) is 55.6 Å². The molecule has 7 heteroatoms. The van der Waals surface area contributed by atoms with Gasteiger partial charge in [0.25, 0.3) is 0 Å². The van der Waals surface area contributed by atoms with Gasteiger partial charge in [-0.15, -0.1) is 0 Å². The van der Waals surface area contributed by atoms with Crippen molar-refractivity contribution < 1.29 is 19.4 Å². The number of nitrogens with zero attached hydrogens (tertiary/aromatic N) is 2. The number of hydrogen-bond acceptors (Lipinski definition) is 5. The molecule has 2 aromatic rings. The predicted molar refractivity (Wildman–Crippen MR) is 151 cm³/mol. The summed E-state index contributed by atoms with van der Waals surface area (Å²) in [5.41, 5.74) is 2.99. The highest BCUT2D eigenvalue weighted by Gasteiger charge is 2.39. The molecule has 0 aliphatic carbocycles. The lowest BCUT2D eigenvalue weighted by Crippen LogP contribution is -2.32. The first-order valence-electron chi connectivity index (χ1n) is 13.8. The number of Topliss-reactive ketones (excluding diaryl/α,β-unsaturated/α-hetero) is 1. The normalized spacial score (nSPS) is 19.7. The Balaban J connectivity index is 1.66. The first-order valence-corrected chi connectivity index (χ1v) is 13.8. The third-order valence-corrected chi connectivity index (χ3v) is 7.70. The molecule has 0 amide bonds. The maximum absolute atomic E-state index is 13.8. The summed E-state index contributed by atoms with van der Waals surface area (Å²) in [6, 6.07) is 13.9. The summed E-state index contributed by atoms with van der Waals surface area (Å²) < 4.78 is 5.86. The molecular formula is C31H41N3O4. The van der Waals surface area contributed by atoms with Crippen LogP contribution in [0.3, 0.4) is 0 Å². The fourth-order valence-electron chi connectivity index (χ4n) is 5.85. The minimum absolute atomic E-state index is 0.000965. The first kappa shape index (κ1) is 27.7. The molecular weight excluding hydrogens is 478 g/mol. The van der Waals surface area contributed by atoms with Crippen LogP contribution in [0.15, 0.2) is 42.5 Å². The minimum Gasteiger partial charge on any atom is -0.479 e. The van der Waals surface area contributed by atoms with E-state index in [9.17, 15) is 14.7 Å². The number of carbonyl (C=O) groups excluding carboxylic acids is 1. The van der Waals surface area contributed by atoms with Crippen molar-refractivity contribution in [2.75, 3.05) is 37.7 Å². The van der Waals surface area contributed by atoms with Crippen LogP contribution in [-0.4, -0.2) is 60.4 Å². The van der Waals surface area contributed by atoms with Gasteiger partial charge in [-0.2, -0.15) is 0 Å². The van der Waals surface area contributed by atoms with Crippen molar-refractivity contribution >= 4 is 23.3 Å². The molecule has 38 heavy (non-hydrogen) atoms. The molecule has 0 saturated carbocycles. The average molecular weight is 520 g/mol. The molecule has 0 spiro atoms. The monoisotopic (exact) mass is 519 g/mol. The zero-order valence-electron chi connectivity index (χ0n) is 23.1. The predicted octanol–water partition coefficient (Wildman–Crippen LogP) is 5.72. The van der Waals surface area contributed by atoms with E-state index in [-0.39, 0.29) is 23.7 Å². The van der Waals surface area contributed by atoms with Gasteiger partial charge >= 0.3 is 5.97 Å². The number of anilines is 1. The summed E-state index contributed by atoms with van der Waals surface area (Å²) in [4.78, 5) is 29.3. The maximum atomic E-state index is 13.8. The number of benzene rings is 2. The van der Waals surface area contributed by atoms with E-state index in [4.69, 9.17) is 10.1 Å². The highest BCUT2D eigenvalue weighted by atomic mass is 16.5. The van der Waals surface area contributed by atoms with Crippen LogP contribution in [0.1, 0.15) is 80.8 Å². The Hall–Kier alpha value is -3.35. The zero-order chi connectivity index (χ0) is 27.4. The Morgan fingerprint density at radius 1 is 1.11 bits per heavy atom. The fraction of sp³-hybridized carbons (Fsp3) is 0.516. The van der Waals surface area contributed by atoms with Crippen molar-refractivity contribution in [1.82, 2.24) is 4.90 Å². The van der Waals surface area contributed by atoms with E-state index in [2.05, 4.69) is 24.0 Å². The second-order valence-electron chi connectivity index (χ2n) is 11.6. The van der Waals surface area contributed by atoms with E-state index in [1.165, 1.54) is 0 Å². The number of rotatable bonds is 10. The van der Waals surface area contributed by atoms with Gasteiger partial charge in [-0.25, -0.2) is 4.79 Å². The SMILES string of the molecule is CCC[C@H]1CN(CC(=O)c2cc(N3CCCC3)c(OCC(=O)O)c(C(C)(C)C)c2)C(=N)[C@@H]1c1ccccc1. The van der Waals surface area contributed by atoms with Crippen molar-refractivity contribution in [2.24, 2.45) is 5.92 Å². The molecule has 2 atom stereocenters. The first-order chi connectivity index (χ1) is 18.1. The second-order valence-corrected chi connectivity index (χ2v) is 11.6. The van der Waals surface area contributed by atoms with Crippen LogP contribution in [0.25, 0.3) is 0 Å². The lowest BCUT2D eigenvalue weighted by atomic mass is 9.84. The van der Waals surface area contributed by atoms with Crippen molar-refractivity contribution in [3.8, 4) is 5.75 Å². The van der Waals surface area contributed by atoms with Crippen LogP contribution in [0, 0.1) is 11.3 Å². The second kappa shape index (κ2) is 11.6. The van der Waals surface area contributed by atoms with Gasteiger partial charge in [-0.1, -0.05) is 64.4 Å². The van der Waals surface area contributed by atoms with Crippen LogP contribution in [-0.2, 0) is 10.2 Å². The van der Waals surface area contributed by atoms with Crippen molar-refractivity contribution in [2.45, 2.75) is 64.7 Å². The molecule has 4 rings (SSSR count). The van der Waals surface area contributed by atoms with E-state index in [1.807, 2.05) is 56.0 Å². The van der Waals surface area contributed by atoms with Gasteiger partial charge in [-0.3, -0.25) is 10.2 Å². The van der Waals surface area contributed by atoms with Gasteiger partial charge in [0.1, 0.15) is 11.6 Å². The number of aliphatic carboxylic acids is 1. The van der Waals surface area contributed by atoms with E-state index in [1.54, 1.807) is 0 Å². The standard InChI is InChI=1S/C31H41N3O4/c1-5-11-22-18-34(30(32)28(22)21-12-7-6-8-13-21)19-26(35)23-16-24(31(2,3)4)29(38-20-27(36)37)25(17-23)33-14-9-10-15-33/h6-8,12-13,16-17,22,28,32H,5,9-11,14-15,18-20H2,1-4H3,(H,36,37)/t22-,28+/m0/s1. The van der Waals surface area contributed by atoms with Crippen LogP contribution in [0.5, 0.6) is 5.75 Å². The Labute approximate surface area is 226 Å². The Bertz CT molecular complexity index is 1170. The largest absolute Gasteiger partial charge is 0.479 e. The summed E-state index contributed by atoms with van der Waals surface area (Å²) in [5.74, 6) is 0.314. The van der Waals surface area contributed by atoms with Gasteiger partial charge < -0.3 is 19.6 Å². The number of carboxylic acids is 1. The van der Waals surface area contributed by atoms with E-state index < -0.39 is 12.6 Å². The highest BCUT2D eigenvalue weighted by molar-refractivity contribution is 6.02. The molecule has 0 unspecified atom stereocenters. The van der Waals surface area contributed by atoms with Crippen molar-refractivity contribution in [1.29, 1.82) is 5.41 Å². The number of amidine groups is 1. The molecule has 2 aliphatic heterocycles. The highest BCUT2D eigenvalue weighted by Crippen LogP contribution is 2.42. The molecule has 0 aromatic heterocycles. The molecule has 0 bridgehead atoms. The molecule has 204 valence electrons. The number of carbonyl (C=O) groups is 2. The molecule has 2 fully saturated rings. The number of likely N-dealkylation sites (tertiary alicyclic amines) is 1. The summed E-state index contributed by atoms with van der Waals surface area (Å²) in [7, 11) is 0. The Morgan fingerprint density at radius 2 is 1.79 bits per heavy atom. The summed E-state index contributed by atoms with van der Waals surface area (Å²) >= 11 is 0. The number of ketones is 1. The van der Waals surface area contributed by atoms with Crippen LogP contribution < -0.4 is 9.64 Å². The van der Waals surface area contributed by atoms with Crippen LogP contribution in [0.4, 0.5) is 5.69 Å². The molecule has 2 saturated heterocycles.